The lowest BCUT2D eigenvalue weighted by Gasteiger charge is -2.15. The molecule has 0 bridgehead atoms. The number of unbranched alkanes of at least 4 members (excludes halogenated alkanes) is 18. The fraction of sp³-hybridized carbons (Fsp3) is 0.739. The molecule has 2 atom stereocenters. The summed E-state index contributed by atoms with van der Waals surface area (Å²) in [5, 5.41) is 12.7. The van der Waals surface area contributed by atoms with Crippen LogP contribution in [-0.2, 0) is 27.9 Å². The van der Waals surface area contributed by atoms with E-state index in [1.165, 1.54) is 70.6 Å². The van der Waals surface area contributed by atoms with Gasteiger partial charge in [-0.2, -0.15) is 0 Å². The molecule has 0 aromatic rings. The summed E-state index contributed by atoms with van der Waals surface area (Å²) in [6.07, 6.45) is 50.0. The van der Waals surface area contributed by atoms with Gasteiger partial charge in [-0.05, 0) is 83.5 Å². The number of aliphatic hydroxyl groups is 1. The zero-order valence-electron chi connectivity index (χ0n) is 35.6. The highest BCUT2D eigenvalue weighted by atomic mass is 31.2. The molecule has 0 saturated heterocycles. The van der Waals surface area contributed by atoms with Gasteiger partial charge >= 0.3 is 13.8 Å². The molecule has 0 spiro atoms. The second kappa shape index (κ2) is 42.3. The normalized spacial score (nSPS) is 13.9. The van der Waals surface area contributed by atoms with Crippen LogP contribution in [0.1, 0.15) is 187 Å². The number of amides is 1. The van der Waals surface area contributed by atoms with Crippen LogP contribution in [0.2, 0.25) is 0 Å². The van der Waals surface area contributed by atoms with Crippen LogP contribution in [0, 0.1) is 0 Å². The number of nitrogens with one attached hydrogen (secondary N) is 1. The van der Waals surface area contributed by atoms with E-state index in [0.717, 1.165) is 89.9 Å². The Kier molecular flexibility index (Phi) is 40.6. The SMILES string of the molecule is CCCCC/C=C\C/C=C\C/C=C\CCCCCCCCC(=O)OCC(O)COP(=O)(O)OCCNC(=O)CCCCCCC/C=C\C/C=C\CCCCCC. The number of carbonyl (C=O) groups excluding carboxylic acids is 2. The summed E-state index contributed by atoms with van der Waals surface area (Å²) in [4.78, 5) is 33.9. The van der Waals surface area contributed by atoms with Gasteiger partial charge in [0.1, 0.15) is 12.7 Å². The van der Waals surface area contributed by atoms with Crippen LogP contribution < -0.4 is 5.32 Å². The van der Waals surface area contributed by atoms with E-state index in [0.29, 0.717) is 6.42 Å². The highest BCUT2D eigenvalue weighted by molar-refractivity contribution is 7.47. The molecule has 1 amide bonds. The summed E-state index contributed by atoms with van der Waals surface area (Å²) >= 11 is 0. The lowest BCUT2D eigenvalue weighted by molar-refractivity contribution is -0.147. The van der Waals surface area contributed by atoms with Gasteiger partial charge in [-0.15, -0.1) is 0 Å². The van der Waals surface area contributed by atoms with Gasteiger partial charge in [0.25, 0.3) is 0 Å². The largest absolute Gasteiger partial charge is 0.472 e. The van der Waals surface area contributed by atoms with Gasteiger partial charge in [0, 0.05) is 19.4 Å². The summed E-state index contributed by atoms with van der Waals surface area (Å²) in [6, 6.07) is 0. The van der Waals surface area contributed by atoms with Crippen LogP contribution in [-0.4, -0.2) is 54.3 Å². The van der Waals surface area contributed by atoms with Crippen molar-refractivity contribution in [3.63, 3.8) is 0 Å². The first kappa shape index (κ1) is 53.7. The maximum absolute atomic E-state index is 12.1. The molecule has 0 heterocycles. The van der Waals surface area contributed by atoms with Crippen LogP contribution in [0.25, 0.3) is 0 Å². The Morgan fingerprint density at radius 2 is 0.964 bits per heavy atom. The maximum atomic E-state index is 12.1. The molecule has 10 heteroatoms. The van der Waals surface area contributed by atoms with E-state index in [2.05, 4.69) is 79.9 Å². The molecular weight excluding hydrogens is 725 g/mol. The minimum absolute atomic E-state index is 0.0700. The Morgan fingerprint density at radius 1 is 0.554 bits per heavy atom. The average molecular weight is 808 g/mol. The average Bonchev–Trinajstić information content (AvgIpc) is 3.18. The van der Waals surface area contributed by atoms with E-state index in [4.69, 9.17) is 13.8 Å². The Balaban J connectivity index is 3.65. The molecule has 0 rings (SSSR count). The second-order valence-electron chi connectivity index (χ2n) is 14.7. The summed E-state index contributed by atoms with van der Waals surface area (Å²) in [5.74, 6) is -0.545. The number of phosphoric acid groups is 1. The molecule has 2 unspecified atom stereocenters. The number of esters is 1. The van der Waals surface area contributed by atoms with Crippen LogP contribution >= 0.6 is 7.82 Å². The monoisotopic (exact) mass is 808 g/mol. The molecule has 0 aromatic heterocycles. The van der Waals surface area contributed by atoms with Crippen LogP contribution in [0.15, 0.2) is 60.8 Å². The van der Waals surface area contributed by atoms with E-state index in [-0.39, 0.29) is 32.1 Å². The van der Waals surface area contributed by atoms with E-state index in [9.17, 15) is 24.2 Å². The molecule has 0 aromatic carbocycles. The van der Waals surface area contributed by atoms with E-state index in [1.54, 1.807) is 0 Å². The number of phosphoric ester groups is 1. The molecule has 0 aliphatic carbocycles. The van der Waals surface area contributed by atoms with Gasteiger partial charge in [0.2, 0.25) is 5.91 Å². The van der Waals surface area contributed by atoms with Crippen molar-refractivity contribution in [3.05, 3.63) is 60.8 Å². The number of hydrogen-bond acceptors (Lipinski definition) is 7. The predicted octanol–water partition coefficient (Wildman–Crippen LogP) is 12.5. The Labute approximate surface area is 342 Å². The number of carbonyl (C=O) groups is 2. The lowest BCUT2D eigenvalue weighted by Crippen LogP contribution is -2.27. The lowest BCUT2D eigenvalue weighted by atomic mass is 10.1. The van der Waals surface area contributed by atoms with E-state index in [1.807, 2.05) is 0 Å². The van der Waals surface area contributed by atoms with Gasteiger partial charge in [0.05, 0.1) is 13.2 Å². The smallest absolute Gasteiger partial charge is 0.463 e. The summed E-state index contributed by atoms with van der Waals surface area (Å²) in [6.45, 7) is 3.47. The Bertz CT molecular complexity index is 1100. The van der Waals surface area contributed by atoms with E-state index < -0.39 is 26.5 Å². The third-order valence-corrected chi connectivity index (χ3v) is 10.2. The van der Waals surface area contributed by atoms with Crippen LogP contribution in [0.4, 0.5) is 0 Å². The number of hydrogen-bond donors (Lipinski definition) is 3. The van der Waals surface area contributed by atoms with Gasteiger partial charge in [-0.25, -0.2) is 4.57 Å². The Hall–Kier alpha value is -2.29. The number of aliphatic hydroxyl groups excluding tert-OH is 1. The first-order valence-electron chi connectivity index (χ1n) is 22.3. The zero-order valence-corrected chi connectivity index (χ0v) is 36.5. The Morgan fingerprint density at radius 3 is 1.48 bits per heavy atom. The highest BCUT2D eigenvalue weighted by Crippen LogP contribution is 2.42. The molecule has 56 heavy (non-hydrogen) atoms. The van der Waals surface area contributed by atoms with Crippen molar-refractivity contribution in [1.29, 1.82) is 0 Å². The van der Waals surface area contributed by atoms with Gasteiger partial charge < -0.3 is 20.1 Å². The first-order chi connectivity index (χ1) is 27.3. The van der Waals surface area contributed by atoms with Crippen molar-refractivity contribution in [3.8, 4) is 0 Å². The van der Waals surface area contributed by atoms with Crippen LogP contribution in [0.3, 0.4) is 0 Å². The third-order valence-electron chi connectivity index (χ3n) is 9.17. The number of rotatable bonds is 41. The summed E-state index contributed by atoms with van der Waals surface area (Å²) < 4.78 is 26.9. The van der Waals surface area contributed by atoms with Gasteiger partial charge in [-0.1, -0.05) is 152 Å². The minimum atomic E-state index is -4.43. The molecule has 0 saturated carbocycles. The fourth-order valence-electron chi connectivity index (χ4n) is 5.77. The molecule has 9 nitrogen and oxygen atoms in total. The molecule has 324 valence electrons. The summed E-state index contributed by atoms with van der Waals surface area (Å²) in [7, 11) is -4.43. The second-order valence-corrected chi connectivity index (χ2v) is 16.1. The first-order valence-corrected chi connectivity index (χ1v) is 23.8. The molecule has 0 aliphatic heterocycles. The van der Waals surface area contributed by atoms with Crippen molar-refractivity contribution < 1.29 is 37.9 Å². The molecule has 3 N–H and O–H groups in total. The van der Waals surface area contributed by atoms with Crippen molar-refractivity contribution in [2.75, 3.05) is 26.4 Å². The topological polar surface area (TPSA) is 131 Å². The maximum Gasteiger partial charge on any atom is 0.472 e. The minimum Gasteiger partial charge on any atom is -0.463 e. The van der Waals surface area contributed by atoms with Crippen molar-refractivity contribution in [2.45, 2.75) is 193 Å². The van der Waals surface area contributed by atoms with Crippen LogP contribution in [0.5, 0.6) is 0 Å². The third kappa shape index (κ3) is 42.8. The standard InChI is InChI=1S/C46H82NO8P/c1-3-5-7-9-11-13-15-17-19-21-22-23-25-27-29-31-33-35-37-39-46(50)53-42-44(48)43-55-56(51,52)54-41-40-47-45(49)38-36-34-32-30-28-26-24-20-18-16-14-12-10-8-6-4-2/h11,13-14,16-17,19-20,22-24,44,48H,3-10,12,15,18,21,25-43H2,1-2H3,(H,47,49)(H,51,52)/b13-11-,16-14-,19-17-,23-22-,24-20-. The molecular formula is C46H82NO8P. The van der Waals surface area contributed by atoms with E-state index >= 15 is 0 Å². The van der Waals surface area contributed by atoms with Gasteiger partial charge in [-0.3, -0.25) is 18.6 Å². The molecule has 0 aliphatic rings. The van der Waals surface area contributed by atoms with Crippen molar-refractivity contribution in [1.82, 2.24) is 5.32 Å². The van der Waals surface area contributed by atoms with Crippen molar-refractivity contribution >= 4 is 19.7 Å². The number of allylic oxidation sites excluding steroid dienone is 10. The quantitative estimate of drug-likeness (QED) is 0.0241. The highest BCUT2D eigenvalue weighted by Gasteiger charge is 2.23. The predicted molar refractivity (Wildman–Crippen MR) is 233 cm³/mol. The number of ether oxygens (including phenoxy) is 1. The fourth-order valence-corrected chi connectivity index (χ4v) is 6.53. The molecule has 0 fully saturated rings. The van der Waals surface area contributed by atoms with Crippen molar-refractivity contribution in [2.24, 2.45) is 0 Å². The van der Waals surface area contributed by atoms with Gasteiger partial charge in [0.15, 0.2) is 0 Å². The molecule has 0 radical (unpaired) electrons. The zero-order chi connectivity index (χ0) is 41.1. The summed E-state index contributed by atoms with van der Waals surface area (Å²) in [5.41, 5.74) is 0.